The van der Waals surface area contributed by atoms with Gasteiger partial charge in [0.15, 0.2) is 11.6 Å². The summed E-state index contributed by atoms with van der Waals surface area (Å²) in [5.74, 6) is 1.74. The van der Waals surface area contributed by atoms with Gasteiger partial charge in [-0.15, -0.1) is 0 Å². The summed E-state index contributed by atoms with van der Waals surface area (Å²) < 4.78 is 9.44. The van der Waals surface area contributed by atoms with Crippen LogP contribution < -0.4 is 0 Å². The molecular formula is C19H23N5O. The number of fused-ring (bicyclic) bond motifs is 1. The first-order chi connectivity index (χ1) is 12.3. The summed E-state index contributed by atoms with van der Waals surface area (Å²) in [6.07, 6.45) is 9.86. The third-order valence-corrected chi connectivity index (χ3v) is 4.60. The second kappa shape index (κ2) is 7.19. The van der Waals surface area contributed by atoms with E-state index < -0.39 is 0 Å². The molecule has 0 radical (unpaired) electrons. The van der Waals surface area contributed by atoms with Gasteiger partial charge in [-0.1, -0.05) is 6.07 Å². The molecule has 2 aromatic heterocycles. The molecule has 0 spiro atoms. The second-order valence-corrected chi connectivity index (χ2v) is 6.34. The van der Waals surface area contributed by atoms with E-state index in [4.69, 9.17) is 14.8 Å². The topological polar surface area (TPSA) is 57.8 Å². The van der Waals surface area contributed by atoms with E-state index in [1.165, 1.54) is 24.0 Å². The van der Waals surface area contributed by atoms with E-state index in [1.807, 2.05) is 28.7 Å². The summed E-state index contributed by atoms with van der Waals surface area (Å²) in [4.78, 5) is 8.87. The Bertz CT molecular complexity index is 838. The molecule has 3 aromatic rings. The molecule has 0 fully saturated rings. The SMILES string of the molecule is CCOCCc1nc(Cn2ccnc2)n(-c2ccc3c(c2)CCC3)n1. The van der Waals surface area contributed by atoms with Crippen molar-refractivity contribution in [1.82, 2.24) is 24.3 Å². The predicted molar refractivity (Wildman–Crippen MR) is 94.9 cm³/mol. The first-order valence-corrected chi connectivity index (χ1v) is 8.94. The van der Waals surface area contributed by atoms with Crippen LogP contribution in [0.25, 0.3) is 5.69 Å². The van der Waals surface area contributed by atoms with E-state index >= 15 is 0 Å². The average Bonchev–Trinajstić information content (AvgIpc) is 3.35. The lowest BCUT2D eigenvalue weighted by molar-refractivity contribution is 0.149. The highest BCUT2D eigenvalue weighted by Crippen LogP contribution is 2.24. The van der Waals surface area contributed by atoms with Gasteiger partial charge in [0, 0.05) is 25.4 Å². The smallest absolute Gasteiger partial charge is 0.153 e. The number of nitrogens with zero attached hydrogens (tertiary/aromatic N) is 5. The van der Waals surface area contributed by atoms with E-state index in [0.717, 1.165) is 30.2 Å². The summed E-state index contributed by atoms with van der Waals surface area (Å²) in [6.45, 7) is 4.02. The number of hydrogen-bond donors (Lipinski definition) is 0. The van der Waals surface area contributed by atoms with Crippen LogP contribution in [0.15, 0.2) is 36.9 Å². The van der Waals surface area contributed by atoms with Crippen molar-refractivity contribution in [3.8, 4) is 5.69 Å². The number of ether oxygens (including phenoxy) is 1. The van der Waals surface area contributed by atoms with Crippen LogP contribution in [0.4, 0.5) is 0 Å². The lowest BCUT2D eigenvalue weighted by Crippen LogP contribution is -2.08. The Morgan fingerprint density at radius 3 is 2.96 bits per heavy atom. The molecule has 25 heavy (non-hydrogen) atoms. The lowest BCUT2D eigenvalue weighted by Gasteiger charge is -2.08. The number of benzene rings is 1. The molecule has 0 N–H and O–H groups in total. The maximum absolute atomic E-state index is 5.45. The van der Waals surface area contributed by atoms with Gasteiger partial charge in [-0.05, 0) is 49.4 Å². The van der Waals surface area contributed by atoms with Crippen molar-refractivity contribution in [3.05, 3.63) is 59.7 Å². The van der Waals surface area contributed by atoms with Gasteiger partial charge in [-0.25, -0.2) is 14.6 Å². The van der Waals surface area contributed by atoms with Gasteiger partial charge in [0.1, 0.15) is 0 Å². The van der Waals surface area contributed by atoms with E-state index in [2.05, 4.69) is 23.2 Å². The highest BCUT2D eigenvalue weighted by molar-refractivity contribution is 5.42. The fourth-order valence-electron chi connectivity index (χ4n) is 3.35. The van der Waals surface area contributed by atoms with Crippen LogP contribution in [0.2, 0.25) is 0 Å². The van der Waals surface area contributed by atoms with Crippen molar-refractivity contribution < 1.29 is 4.74 Å². The molecule has 6 nitrogen and oxygen atoms in total. The quantitative estimate of drug-likeness (QED) is 0.622. The molecule has 6 heteroatoms. The maximum atomic E-state index is 5.45. The van der Waals surface area contributed by atoms with E-state index in [-0.39, 0.29) is 0 Å². The second-order valence-electron chi connectivity index (χ2n) is 6.34. The molecule has 2 heterocycles. The molecule has 0 saturated heterocycles. The summed E-state index contributed by atoms with van der Waals surface area (Å²) in [7, 11) is 0. The van der Waals surface area contributed by atoms with Crippen LogP contribution in [0.3, 0.4) is 0 Å². The Balaban J connectivity index is 1.66. The predicted octanol–water partition coefficient (Wildman–Crippen LogP) is 2.58. The van der Waals surface area contributed by atoms with Crippen molar-refractivity contribution in [2.75, 3.05) is 13.2 Å². The minimum absolute atomic E-state index is 0.648. The van der Waals surface area contributed by atoms with Crippen LogP contribution in [0.1, 0.15) is 36.1 Å². The minimum atomic E-state index is 0.648. The molecule has 130 valence electrons. The molecule has 0 bridgehead atoms. The molecule has 4 rings (SSSR count). The number of aryl methyl sites for hydroxylation is 2. The molecule has 0 unspecified atom stereocenters. The third kappa shape index (κ3) is 3.49. The molecule has 0 aliphatic heterocycles. The summed E-state index contributed by atoms with van der Waals surface area (Å²) >= 11 is 0. The number of hydrogen-bond acceptors (Lipinski definition) is 4. The summed E-state index contributed by atoms with van der Waals surface area (Å²) in [5, 5.41) is 4.75. The molecule has 1 aliphatic carbocycles. The van der Waals surface area contributed by atoms with Gasteiger partial charge in [0.05, 0.1) is 25.2 Å². The van der Waals surface area contributed by atoms with Crippen molar-refractivity contribution in [1.29, 1.82) is 0 Å². The monoisotopic (exact) mass is 337 g/mol. The Hall–Kier alpha value is -2.47. The van der Waals surface area contributed by atoms with Crippen molar-refractivity contribution in [3.63, 3.8) is 0 Å². The van der Waals surface area contributed by atoms with Gasteiger partial charge in [0.25, 0.3) is 0 Å². The molecule has 0 atom stereocenters. The van der Waals surface area contributed by atoms with Crippen molar-refractivity contribution in [2.45, 2.75) is 39.2 Å². The van der Waals surface area contributed by atoms with E-state index in [1.54, 1.807) is 6.20 Å². The van der Waals surface area contributed by atoms with Crippen LogP contribution in [0.5, 0.6) is 0 Å². The molecule has 0 amide bonds. The van der Waals surface area contributed by atoms with Gasteiger partial charge in [-0.3, -0.25) is 0 Å². The zero-order valence-corrected chi connectivity index (χ0v) is 14.6. The zero-order valence-electron chi connectivity index (χ0n) is 14.6. The van der Waals surface area contributed by atoms with Crippen LogP contribution in [0, 0.1) is 0 Å². The fourth-order valence-corrected chi connectivity index (χ4v) is 3.35. The zero-order chi connectivity index (χ0) is 17.1. The Kier molecular flexibility index (Phi) is 4.61. The number of aromatic nitrogens is 5. The number of rotatable bonds is 7. The molecule has 1 aromatic carbocycles. The minimum Gasteiger partial charge on any atom is -0.381 e. The van der Waals surface area contributed by atoms with Gasteiger partial charge >= 0.3 is 0 Å². The average molecular weight is 337 g/mol. The van der Waals surface area contributed by atoms with Crippen molar-refractivity contribution >= 4 is 0 Å². The Morgan fingerprint density at radius 2 is 2.12 bits per heavy atom. The highest BCUT2D eigenvalue weighted by Gasteiger charge is 2.16. The largest absolute Gasteiger partial charge is 0.381 e. The van der Waals surface area contributed by atoms with Crippen LogP contribution in [-0.2, 0) is 30.5 Å². The molecule has 0 saturated carbocycles. The van der Waals surface area contributed by atoms with Gasteiger partial charge < -0.3 is 9.30 Å². The molecule has 1 aliphatic rings. The molecular weight excluding hydrogens is 314 g/mol. The number of imidazole rings is 1. The van der Waals surface area contributed by atoms with E-state index in [0.29, 0.717) is 19.8 Å². The van der Waals surface area contributed by atoms with Gasteiger partial charge in [-0.2, -0.15) is 5.10 Å². The van der Waals surface area contributed by atoms with E-state index in [9.17, 15) is 0 Å². The van der Waals surface area contributed by atoms with Crippen molar-refractivity contribution in [2.24, 2.45) is 0 Å². The first kappa shape index (κ1) is 16.0. The summed E-state index contributed by atoms with van der Waals surface area (Å²) in [5.41, 5.74) is 4.00. The Labute approximate surface area is 147 Å². The lowest BCUT2D eigenvalue weighted by atomic mass is 10.1. The maximum Gasteiger partial charge on any atom is 0.153 e. The standard InChI is InChI=1S/C19H23N5O/c1-2-25-11-8-18-21-19(13-23-10-9-20-14-23)24(22-18)17-7-6-15-4-3-5-16(15)12-17/h6-7,9-10,12,14H,2-5,8,11,13H2,1H3. The first-order valence-electron chi connectivity index (χ1n) is 8.94. The van der Waals surface area contributed by atoms with Crippen LogP contribution in [-0.4, -0.2) is 37.5 Å². The Morgan fingerprint density at radius 1 is 1.20 bits per heavy atom. The third-order valence-electron chi connectivity index (χ3n) is 4.60. The fraction of sp³-hybridized carbons (Fsp3) is 0.421. The normalized spacial score (nSPS) is 13.3. The summed E-state index contributed by atoms with van der Waals surface area (Å²) in [6, 6.07) is 6.66. The van der Waals surface area contributed by atoms with Gasteiger partial charge in [0.2, 0.25) is 0 Å². The highest BCUT2D eigenvalue weighted by atomic mass is 16.5. The van der Waals surface area contributed by atoms with Crippen LogP contribution >= 0.6 is 0 Å².